The van der Waals surface area contributed by atoms with E-state index in [0.29, 0.717) is 12.1 Å². The molecular formula is C14H27N3O. The Labute approximate surface area is 110 Å². The summed E-state index contributed by atoms with van der Waals surface area (Å²) in [5.74, 6) is 0. The van der Waals surface area contributed by atoms with Crippen LogP contribution in [-0.2, 0) is 0 Å². The van der Waals surface area contributed by atoms with Gasteiger partial charge in [-0.15, -0.1) is 0 Å². The zero-order valence-corrected chi connectivity index (χ0v) is 11.6. The summed E-state index contributed by atoms with van der Waals surface area (Å²) in [6.07, 6.45) is 9.55. The fourth-order valence-electron chi connectivity index (χ4n) is 3.21. The average molecular weight is 253 g/mol. The third-order valence-corrected chi connectivity index (χ3v) is 4.30. The van der Waals surface area contributed by atoms with E-state index in [0.717, 1.165) is 25.9 Å². The molecule has 0 aromatic carbocycles. The van der Waals surface area contributed by atoms with Crippen molar-refractivity contribution in [3.63, 3.8) is 0 Å². The van der Waals surface area contributed by atoms with Gasteiger partial charge in [-0.2, -0.15) is 0 Å². The van der Waals surface area contributed by atoms with Crippen molar-refractivity contribution in [3.05, 3.63) is 0 Å². The number of rotatable bonds is 4. The van der Waals surface area contributed by atoms with Crippen LogP contribution in [0, 0.1) is 0 Å². The SMILES string of the molecule is CNCCC1CCCCN1C(=O)NC1CCCC1. The molecule has 0 spiro atoms. The Kier molecular flexibility index (Phi) is 5.29. The molecule has 1 aliphatic heterocycles. The van der Waals surface area contributed by atoms with E-state index in [9.17, 15) is 4.79 Å². The van der Waals surface area contributed by atoms with Crippen molar-refractivity contribution in [1.82, 2.24) is 15.5 Å². The van der Waals surface area contributed by atoms with Crippen LogP contribution < -0.4 is 10.6 Å². The van der Waals surface area contributed by atoms with Crippen molar-refractivity contribution in [3.8, 4) is 0 Å². The maximum atomic E-state index is 12.3. The normalized spacial score (nSPS) is 25.4. The number of urea groups is 1. The number of nitrogens with zero attached hydrogens (tertiary/aromatic N) is 1. The first-order chi connectivity index (χ1) is 8.81. The van der Waals surface area contributed by atoms with E-state index in [1.54, 1.807) is 0 Å². The third kappa shape index (κ3) is 3.61. The van der Waals surface area contributed by atoms with Crippen LogP contribution in [-0.4, -0.2) is 43.2 Å². The van der Waals surface area contributed by atoms with Gasteiger partial charge in [-0.25, -0.2) is 4.79 Å². The smallest absolute Gasteiger partial charge is 0.317 e. The Morgan fingerprint density at radius 2 is 1.89 bits per heavy atom. The fourth-order valence-corrected chi connectivity index (χ4v) is 3.21. The van der Waals surface area contributed by atoms with Crippen molar-refractivity contribution in [2.24, 2.45) is 0 Å². The van der Waals surface area contributed by atoms with E-state index < -0.39 is 0 Å². The van der Waals surface area contributed by atoms with Crippen LogP contribution in [0.25, 0.3) is 0 Å². The monoisotopic (exact) mass is 253 g/mol. The molecule has 2 fully saturated rings. The van der Waals surface area contributed by atoms with Gasteiger partial charge in [0.15, 0.2) is 0 Å². The Hall–Kier alpha value is -0.770. The Balaban J connectivity index is 1.84. The molecule has 0 bridgehead atoms. The Morgan fingerprint density at radius 1 is 1.17 bits per heavy atom. The van der Waals surface area contributed by atoms with E-state index in [2.05, 4.69) is 15.5 Å². The standard InChI is InChI=1S/C14H27N3O/c1-15-10-9-13-8-4-5-11-17(13)14(18)16-12-6-2-3-7-12/h12-13,15H,2-11H2,1H3,(H,16,18). The molecule has 1 heterocycles. The third-order valence-electron chi connectivity index (χ3n) is 4.30. The van der Waals surface area contributed by atoms with Crippen LogP contribution in [0.1, 0.15) is 51.4 Å². The molecule has 2 amide bonds. The number of likely N-dealkylation sites (tertiary alicyclic amines) is 1. The molecular weight excluding hydrogens is 226 g/mol. The maximum Gasteiger partial charge on any atom is 0.317 e. The van der Waals surface area contributed by atoms with E-state index in [4.69, 9.17) is 0 Å². The van der Waals surface area contributed by atoms with E-state index in [-0.39, 0.29) is 6.03 Å². The van der Waals surface area contributed by atoms with E-state index in [1.807, 2.05) is 7.05 Å². The molecule has 2 rings (SSSR count). The largest absolute Gasteiger partial charge is 0.335 e. The van der Waals surface area contributed by atoms with Crippen LogP contribution in [0.15, 0.2) is 0 Å². The summed E-state index contributed by atoms with van der Waals surface area (Å²) >= 11 is 0. The van der Waals surface area contributed by atoms with Crippen LogP contribution in [0.5, 0.6) is 0 Å². The summed E-state index contributed by atoms with van der Waals surface area (Å²) in [6, 6.07) is 1.06. The van der Waals surface area contributed by atoms with Gasteiger partial charge in [-0.05, 0) is 52.1 Å². The summed E-state index contributed by atoms with van der Waals surface area (Å²) in [5, 5.41) is 6.41. The second kappa shape index (κ2) is 6.98. The highest BCUT2D eigenvalue weighted by Gasteiger charge is 2.28. The number of carbonyl (C=O) groups is 1. The number of hydrogen-bond acceptors (Lipinski definition) is 2. The predicted octanol–water partition coefficient (Wildman–Crippen LogP) is 2.10. The zero-order chi connectivity index (χ0) is 12.8. The highest BCUT2D eigenvalue weighted by atomic mass is 16.2. The molecule has 0 aromatic rings. The lowest BCUT2D eigenvalue weighted by molar-refractivity contribution is 0.143. The molecule has 0 radical (unpaired) electrons. The molecule has 18 heavy (non-hydrogen) atoms. The zero-order valence-electron chi connectivity index (χ0n) is 11.6. The molecule has 104 valence electrons. The lowest BCUT2D eigenvalue weighted by Crippen LogP contribution is -2.51. The van der Waals surface area contributed by atoms with Crippen LogP contribution >= 0.6 is 0 Å². The Bertz CT molecular complexity index is 264. The van der Waals surface area contributed by atoms with Gasteiger partial charge in [0.2, 0.25) is 0 Å². The van der Waals surface area contributed by atoms with E-state index >= 15 is 0 Å². The van der Waals surface area contributed by atoms with Gasteiger partial charge in [0, 0.05) is 18.6 Å². The topological polar surface area (TPSA) is 44.4 Å². The molecule has 1 aliphatic carbocycles. The van der Waals surface area contributed by atoms with Crippen LogP contribution in [0.3, 0.4) is 0 Å². The molecule has 2 aliphatic rings. The Morgan fingerprint density at radius 3 is 2.61 bits per heavy atom. The lowest BCUT2D eigenvalue weighted by Gasteiger charge is -2.36. The molecule has 1 saturated carbocycles. The van der Waals surface area contributed by atoms with Crippen LogP contribution in [0.4, 0.5) is 4.79 Å². The van der Waals surface area contributed by atoms with E-state index in [1.165, 1.54) is 38.5 Å². The minimum Gasteiger partial charge on any atom is -0.335 e. The maximum absolute atomic E-state index is 12.3. The first-order valence-corrected chi connectivity index (χ1v) is 7.53. The van der Waals surface area contributed by atoms with Gasteiger partial charge >= 0.3 is 6.03 Å². The molecule has 4 nitrogen and oxygen atoms in total. The highest BCUT2D eigenvalue weighted by molar-refractivity contribution is 5.75. The number of amides is 2. The predicted molar refractivity (Wildman–Crippen MR) is 73.7 cm³/mol. The van der Waals surface area contributed by atoms with Gasteiger partial charge in [0.1, 0.15) is 0 Å². The van der Waals surface area contributed by atoms with Crippen molar-refractivity contribution < 1.29 is 4.79 Å². The average Bonchev–Trinajstić information content (AvgIpc) is 2.89. The number of nitrogens with one attached hydrogen (secondary N) is 2. The van der Waals surface area contributed by atoms with Gasteiger partial charge in [-0.3, -0.25) is 0 Å². The number of carbonyl (C=O) groups excluding carboxylic acids is 1. The summed E-state index contributed by atoms with van der Waals surface area (Å²) < 4.78 is 0. The molecule has 4 heteroatoms. The summed E-state index contributed by atoms with van der Waals surface area (Å²) in [6.45, 7) is 1.94. The summed E-state index contributed by atoms with van der Waals surface area (Å²) in [4.78, 5) is 14.4. The second-order valence-electron chi connectivity index (χ2n) is 5.67. The first-order valence-electron chi connectivity index (χ1n) is 7.53. The lowest BCUT2D eigenvalue weighted by atomic mass is 10.00. The number of piperidine rings is 1. The second-order valence-corrected chi connectivity index (χ2v) is 5.67. The van der Waals surface area contributed by atoms with Crippen molar-refractivity contribution in [2.45, 2.75) is 63.5 Å². The minimum atomic E-state index is 0.183. The fraction of sp³-hybridized carbons (Fsp3) is 0.929. The van der Waals surface area contributed by atoms with Gasteiger partial charge in [0.25, 0.3) is 0 Å². The molecule has 0 aromatic heterocycles. The first kappa shape index (κ1) is 13.7. The summed E-state index contributed by atoms with van der Waals surface area (Å²) in [7, 11) is 1.98. The minimum absolute atomic E-state index is 0.183. The summed E-state index contributed by atoms with van der Waals surface area (Å²) in [5.41, 5.74) is 0. The van der Waals surface area contributed by atoms with Gasteiger partial charge in [0.05, 0.1) is 0 Å². The number of hydrogen-bond donors (Lipinski definition) is 2. The molecule has 2 N–H and O–H groups in total. The molecule has 1 saturated heterocycles. The van der Waals surface area contributed by atoms with Gasteiger partial charge < -0.3 is 15.5 Å². The molecule has 1 unspecified atom stereocenters. The van der Waals surface area contributed by atoms with Crippen molar-refractivity contribution >= 4 is 6.03 Å². The quantitative estimate of drug-likeness (QED) is 0.806. The highest BCUT2D eigenvalue weighted by Crippen LogP contribution is 2.22. The van der Waals surface area contributed by atoms with Crippen LogP contribution in [0.2, 0.25) is 0 Å². The van der Waals surface area contributed by atoms with Gasteiger partial charge in [-0.1, -0.05) is 12.8 Å². The van der Waals surface area contributed by atoms with Crippen molar-refractivity contribution in [2.75, 3.05) is 20.1 Å². The molecule has 1 atom stereocenters. The van der Waals surface area contributed by atoms with Crippen molar-refractivity contribution in [1.29, 1.82) is 0 Å².